The fraction of sp³-hybridized carbons (Fsp3) is 0.192. The highest BCUT2D eigenvalue weighted by Crippen LogP contribution is 2.31. The minimum atomic E-state index is 0.0414. The van der Waals surface area contributed by atoms with Crippen LogP contribution in [0.2, 0.25) is 0 Å². The predicted octanol–water partition coefficient (Wildman–Crippen LogP) is 4.30. The molecule has 9 nitrogen and oxygen atoms in total. The van der Waals surface area contributed by atoms with Crippen LogP contribution in [0, 0.1) is 0 Å². The van der Waals surface area contributed by atoms with Gasteiger partial charge in [-0.2, -0.15) is 9.61 Å². The summed E-state index contributed by atoms with van der Waals surface area (Å²) in [6, 6.07) is 15.1. The first kappa shape index (κ1) is 22.3. The Labute approximate surface area is 202 Å². The van der Waals surface area contributed by atoms with E-state index in [0.29, 0.717) is 35.2 Å². The van der Waals surface area contributed by atoms with Gasteiger partial charge in [-0.3, -0.25) is 9.79 Å². The molecule has 0 N–H and O–H groups in total. The van der Waals surface area contributed by atoms with Crippen LogP contribution in [-0.4, -0.2) is 51.5 Å². The number of rotatable bonds is 7. The first-order valence-electron chi connectivity index (χ1n) is 11.1. The molecule has 5 rings (SSSR count). The van der Waals surface area contributed by atoms with Crippen molar-refractivity contribution < 1.29 is 14.3 Å². The molecular weight excluding hydrogens is 444 g/mol. The summed E-state index contributed by atoms with van der Waals surface area (Å²) in [6.07, 6.45) is 1.86. The van der Waals surface area contributed by atoms with Crippen molar-refractivity contribution >= 4 is 29.7 Å². The van der Waals surface area contributed by atoms with Crippen molar-refractivity contribution in [2.75, 3.05) is 14.2 Å². The largest absolute Gasteiger partial charge is 0.497 e. The van der Waals surface area contributed by atoms with Gasteiger partial charge in [0.05, 0.1) is 18.5 Å². The zero-order chi connectivity index (χ0) is 24.5. The number of aromatic nitrogens is 4. The van der Waals surface area contributed by atoms with Gasteiger partial charge in [-0.1, -0.05) is 6.07 Å². The van der Waals surface area contributed by atoms with Crippen molar-refractivity contribution in [3.05, 3.63) is 77.1 Å². The van der Waals surface area contributed by atoms with Crippen LogP contribution in [0.25, 0.3) is 22.7 Å². The van der Waals surface area contributed by atoms with Gasteiger partial charge in [-0.05, 0) is 61.7 Å². The van der Waals surface area contributed by atoms with Crippen molar-refractivity contribution in [3.63, 3.8) is 0 Å². The van der Waals surface area contributed by atoms with Crippen LogP contribution in [0.4, 0.5) is 5.69 Å². The topological polar surface area (TPSA) is 94.2 Å². The molecule has 0 bridgehead atoms. The number of amides is 1. The number of allylic oxidation sites excluding steroid dienone is 1. The predicted molar refractivity (Wildman–Crippen MR) is 133 cm³/mol. The molecule has 0 saturated carbocycles. The standard InChI is InChI=1S/C26H24N6O3/c1-5-23(20-9-7-18(34-4)13-22(20)27-2)35-15-25-29-28-24-11-10-21(30-32(24)25)16-6-8-19-17(12-16)14-31(3)26(19)33/h5-13H,2,14-15H2,1,3-4H3/b23-5+. The van der Waals surface area contributed by atoms with Crippen molar-refractivity contribution in [1.82, 2.24) is 24.7 Å². The van der Waals surface area contributed by atoms with Crippen molar-refractivity contribution in [1.29, 1.82) is 0 Å². The third kappa shape index (κ3) is 4.01. The Kier molecular flexibility index (Phi) is 5.74. The van der Waals surface area contributed by atoms with Crippen LogP contribution >= 0.6 is 0 Å². The number of aliphatic imine (C=N–C) groups is 1. The molecule has 0 radical (unpaired) electrons. The molecule has 4 aromatic rings. The van der Waals surface area contributed by atoms with Gasteiger partial charge in [-0.25, -0.2) is 0 Å². The zero-order valence-corrected chi connectivity index (χ0v) is 19.7. The van der Waals surface area contributed by atoms with E-state index < -0.39 is 0 Å². The van der Waals surface area contributed by atoms with Gasteiger partial charge in [0.25, 0.3) is 5.91 Å². The van der Waals surface area contributed by atoms with E-state index in [1.165, 1.54) is 0 Å². The number of carbonyl (C=O) groups is 1. The maximum atomic E-state index is 12.2. The van der Waals surface area contributed by atoms with Crippen LogP contribution in [0.1, 0.15) is 34.2 Å². The molecule has 0 saturated heterocycles. The molecule has 0 aliphatic carbocycles. The fourth-order valence-corrected chi connectivity index (χ4v) is 4.14. The Bertz CT molecular complexity index is 1490. The summed E-state index contributed by atoms with van der Waals surface area (Å²) < 4.78 is 13.1. The van der Waals surface area contributed by atoms with Gasteiger partial charge in [0, 0.05) is 36.3 Å². The summed E-state index contributed by atoms with van der Waals surface area (Å²) in [7, 11) is 3.40. The van der Waals surface area contributed by atoms with E-state index in [4.69, 9.17) is 14.6 Å². The summed E-state index contributed by atoms with van der Waals surface area (Å²) in [5.74, 6) is 1.92. The number of carbonyl (C=O) groups excluding carboxylic acids is 1. The SMILES string of the molecule is C=Nc1cc(OC)ccc1/C(=C\C)OCc1nnc2ccc(-c3ccc4c(c3)CN(C)C4=O)nn12. The quantitative estimate of drug-likeness (QED) is 0.297. The third-order valence-electron chi connectivity index (χ3n) is 5.97. The van der Waals surface area contributed by atoms with Gasteiger partial charge >= 0.3 is 0 Å². The second-order valence-electron chi connectivity index (χ2n) is 8.12. The Morgan fingerprint density at radius 2 is 2.03 bits per heavy atom. The molecule has 2 aromatic heterocycles. The highest BCUT2D eigenvalue weighted by atomic mass is 16.5. The molecule has 2 aromatic carbocycles. The molecule has 0 fully saturated rings. The molecule has 1 aliphatic rings. The number of benzene rings is 2. The lowest BCUT2D eigenvalue weighted by atomic mass is 10.0. The second kappa shape index (κ2) is 9.02. The lowest BCUT2D eigenvalue weighted by molar-refractivity contribution is 0.0816. The van der Waals surface area contributed by atoms with Crippen molar-refractivity contribution in [2.45, 2.75) is 20.1 Å². The molecule has 0 atom stereocenters. The maximum Gasteiger partial charge on any atom is 0.254 e. The molecular formula is C26H24N6O3. The first-order chi connectivity index (χ1) is 17.0. The molecule has 0 spiro atoms. The molecule has 35 heavy (non-hydrogen) atoms. The van der Waals surface area contributed by atoms with E-state index in [9.17, 15) is 4.79 Å². The summed E-state index contributed by atoms with van der Waals surface area (Å²) in [5.41, 5.74) is 5.47. The Balaban J connectivity index is 1.42. The van der Waals surface area contributed by atoms with Crippen LogP contribution in [0.15, 0.2) is 59.6 Å². The molecule has 3 heterocycles. The van der Waals surface area contributed by atoms with E-state index >= 15 is 0 Å². The molecule has 9 heteroatoms. The van der Waals surface area contributed by atoms with E-state index in [1.807, 2.05) is 55.5 Å². The van der Waals surface area contributed by atoms with Gasteiger partial charge in [-0.15, -0.1) is 10.2 Å². The second-order valence-corrected chi connectivity index (χ2v) is 8.12. The number of nitrogens with zero attached hydrogens (tertiary/aromatic N) is 6. The highest BCUT2D eigenvalue weighted by Gasteiger charge is 2.24. The third-order valence-corrected chi connectivity index (χ3v) is 5.97. The van der Waals surface area contributed by atoms with Crippen LogP contribution in [-0.2, 0) is 17.9 Å². The first-order valence-corrected chi connectivity index (χ1v) is 11.1. The Morgan fingerprint density at radius 3 is 2.80 bits per heavy atom. The number of hydrogen-bond donors (Lipinski definition) is 0. The normalized spacial score (nSPS) is 13.3. The number of methoxy groups -OCH3 is 1. The molecule has 176 valence electrons. The van der Waals surface area contributed by atoms with Crippen LogP contribution < -0.4 is 4.74 Å². The Hall–Kier alpha value is -4.53. The monoisotopic (exact) mass is 468 g/mol. The molecule has 1 amide bonds. The van der Waals surface area contributed by atoms with Gasteiger partial charge in [0.2, 0.25) is 0 Å². The minimum Gasteiger partial charge on any atom is -0.497 e. The average Bonchev–Trinajstić information content (AvgIpc) is 3.43. The molecule has 0 unspecified atom stereocenters. The van der Waals surface area contributed by atoms with Crippen molar-refractivity contribution in [2.24, 2.45) is 4.99 Å². The summed E-state index contributed by atoms with van der Waals surface area (Å²) in [6.45, 7) is 6.29. The average molecular weight is 469 g/mol. The number of fused-ring (bicyclic) bond motifs is 2. The van der Waals surface area contributed by atoms with Gasteiger partial charge < -0.3 is 14.4 Å². The van der Waals surface area contributed by atoms with Gasteiger partial charge in [0.1, 0.15) is 18.1 Å². The van der Waals surface area contributed by atoms with E-state index in [-0.39, 0.29) is 12.5 Å². The van der Waals surface area contributed by atoms with Gasteiger partial charge in [0.15, 0.2) is 11.5 Å². The maximum absolute atomic E-state index is 12.2. The lowest BCUT2D eigenvalue weighted by Gasteiger charge is -2.13. The number of hydrogen-bond acceptors (Lipinski definition) is 7. The van der Waals surface area contributed by atoms with Crippen molar-refractivity contribution in [3.8, 4) is 17.0 Å². The fourth-order valence-electron chi connectivity index (χ4n) is 4.14. The smallest absolute Gasteiger partial charge is 0.254 e. The summed E-state index contributed by atoms with van der Waals surface area (Å²) in [4.78, 5) is 18.0. The zero-order valence-electron chi connectivity index (χ0n) is 19.7. The molecule has 1 aliphatic heterocycles. The highest BCUT2D eigenvalue weighted by molar-refractivity contribution is 5.98. The minimum absolute atomic E-state index is 0.0414. The van der Waals surface area contributed by atoms with E-state index in [2.05, 4.69) is 21.9 Å². The van der Waals surface area contributed by atoms with E-state index in [1.54, 1.807) is 29.6 Å². The van der Waals surface area contributed by atoms with E-state index in [0.717, 1.165) is 27.9 Å². The number of ether oxygens (including phenoxy) is 2. The lowest BCUT2D eigenvalue weighted by Crippen LogP contribution is -2.17. The summed E-state index contributed by atoms with van der Waals surface area (Å²) >= 11 is 0. The Morgan fingerprint density at radius 1 is 1.17 bits per heavy atom. The van der Waals surface area contributed by atoms with Crippen LogP contribution in [0.5, 0.6) is 5.75 Å². The van der Waals surface area contributed by atoms with Crippen LogP contribution in [0.3, 0.4) is 0 Å². The summed E-state index contributed by atoms with van der Waals surface area (Å²) in [5, 5.41) is 13.2.